The zero-order valence-electron chi connectivity index (χ0n) is 12.8. The first-order chi connectivity index (χ1) is 11.5. The van der Waals surface area contributed by atoms with Gasteiger partial charge in [0.25, 0.3) is 0 Å². The smallest absolute Gasteiger partial charge is 0.237 e. The van der Waals surface area contributed by atoms with Crippen LogP contribution in [0.5, 0.6) is 0 Å². The molecule has 0 aliphatic heterocycles. The molecule has 6 nitrogen and oxygen atoms in total. The standard InChI is InChI=1S/C15H13F2N5OS/c1-8(14(23)21-12-5-9(16)3-4-11(12)17)24-15-10-6-20-22(2)13(10)18-7-19-15/h3-8H,1-2H3,(H,21,23). The van der Waals surface area contributed by atoms with Gasteiger partial charge in [0.15, 0.2) is 5.65 Å². The van der Waals surface area contributed by atoms with E-state index in [4.69, 9.17) is 0 Å². The van der Waals surface area contributed by atoms with Crippen LogP contribution in [-0.4, -0.2) is 30.9 Å². The first kappa shape index (κ1) is 16.3. The number of carbonyl (C=O) groups is 1. The van der Waals surface area contributed by atoms with Gasteiger partial charge in [0.2, 0.25) is 5.91 Å². The van der Waals surface area contributed by atoms with Crippen LogP contribution in [0.15, 0.2) is 35.7 Å². The monoisotopic (exact) mass is 349 g/mol. The molecule has 3 aromatic rings. The molecular formula is C15H13F2N5OS. The number of hydrogen-bond acceptors (Lipinski definition) is 5. The summed E-state index contributed by atoms with van der Waals surface area (Å²) in [5.74, 6) is -1.78. The number of amides is 1. The van der Waals surface area contributed by atoms with Gasteiger partial charge in [-0.15, -0.1) is 0 Å². The fourth-order valence-electron chi connectivity index (χ4n) is 2.08. The first-order valence-corrected chi connectivity index (χ1v) is 7.89. The number of fused-ring (bicyclic) bond motifs is 1. The van der Waals surface area contributed by atoms with E-state index in [0.29, 0.717) is 10.7 Å². The van der Waals surface area contributed by atoms with Crippen LogP contribution in [0.3, 0.4) is 0 Å². The Kier molecular flexibility index (Phi) is 4.43. The molecule has 0 radical (unpaired) electrons. The topological polar surface area (TPSA) is 72.7 Å². The van der Waals surface area contributed by atoms with Crippen LogP contribution in [0.2, 0.25) is 0 Å². The Hall–Kier alpha value is -2.55. The molecule has 0 fully saturated rings. The molecule has 1 amide bonds. The van der Waals surface area contributed by atoms with Crippen molar-refractivity contribution in [2.75, 3.05) is 5.32 Å². The van der Waals surface area contributed by atoms with Gasteiger partial charge >= 0.3 is 0 Å². The van der Waals surface area contributed by atoms with Gasteiger partial charge < -0.3 is 5.32 Å². The molecule has 3 rings (SSSR count). The molecule has 0 spiro atoms. The Labute approximate surface area is 140 Å². The van der Waals surface area contributed by atoms with E-state index in [0.717, 1.165) is 23.6 Å². The molecule has 2 heterocycles. The number of halogens is 2. The number of aromatic nitrogens is 4. The van der Waals surface area contributed by atoms with Crippen molar-refractivity contribution in [1.82, 2.24) is 19.7 Å². The maximum atomic E-state index is 13.6. The van der Waals surface area contributed by atoms with Crippen molar-refractivity contribution < 1.29 is 13.6 Å². The van der Waals surface area contributed by atoms with Crippen LogP contribution >= 0.6 is 11.8 Å². The number of carbonyl (C=O) groups excluding carboxylic acids is 1. The van der Waals surface area contributed by atoms with Crippen LogP contribution in [0.25, 0.3) is 11.0 Å². The van der Waals surface area contributed by atoms with Crippen molar-refractivity contribution in [2.24, 2.45) is 7.05 Å². The molecular weight excluding hydrogens is 336 g/mol. The van der Waals surface area contributed by atoms with Crippen molar-refractivity contribution in [3.8, 4) is 0 Å². The summed E-state index contributed by atoms with van der Waals surface area (Å²) in [4.78, 5) is 20.5. The minimum Gasteiger partial charge on any atom is -0.323 e. The summed E-state index contributed by atoms with van der Waals surface area (Å²) in [6.07, 6.45) is 3.01. The summed E-state index contributed by atoms with van der Waals surface area (Å²) in [6.45, 7) is 1.65. The highest BCUT2D eigenvalue weighted by Gasteiger charge is 2.19. The molecule has 0 aliphatic carbocycles. The quantitative estimate of drug-likeness (QED) is 0.579. The molecule has 1 aromatic carbocycles. The van der Waals surface area contributed by atoms with Crippen molar-refractivity contribution in [3.05, 3.63) is 42.4 Å². The summed E-state index contributed by atoms with van der Waals surface area (Å²) in [7, 11) is 1.76. The van der Waals surface area contributed by atoms with Crippen molar-refractivity contribution >= 4 is 34.4 Å². The molecule has 1 unspecified atom stereocenters. The van der Waals surface area contributed by atoms with E-state index in [2.05, 4.69) is 20.4 Å². The van der Waals surface area contributed by atoms with Gasteiger partial charge in [0, 0.05) is 13.1 Å². The number of rotatable bonds is 4. The summed E-state index contributed by atoms with van der Waals surface area (Å²) < 4.78 is 28.4. The lowest BCUT2D eigenvalue weighted by atomic mass is 10.3. The fourth-order valence-corrected chi connectivity index (χ4v) is 2.96. The lowest BCUT2D eigenvalue weighted by molar-refractivity contribution is -0.115. The largest absolute Gasteiger partial charge is 0.323 e. The van der Waals surface area contributed by atoms with E-state index in [9.17, 15) is 13.6 Å². The SMILES string of the molecule is CC(Sc1ncnc2c1cnn2C)C(=O)Nc1cc(F)ccc1F. The number of thioether (sulfide) groups is 1. The average Bonchev–Trinajstić information content (AvgIpc) is 2.93. The van der Waals surface area contributed by atoms with E-state index in [-0.39, 0.29) is 5.69 Å². The molecule has 0 saturated carbocycles. The summed E-state index contributed by atoms with van der Waals surface area (Å²) in [5.41, 5.74) is 0.456. The van der Waals surface area contributed by atoms with Gasteiger partial charge in [-0.25, -0.2) is 18.7 Å². The Morgan fingerprint density at radius 1 is 1.33 bits per heavy atom. The van der Waals surface area contributed by atoms with Crippen LogP contribution in [0.1, 0.15) is 6.92 Å². The summed E-state index contributed by atoms with van der Waals surface area (Å²) in [6, 6.07) is 2.89. The predicted molar refractivity (Wildman–Crippen MR) is 86.6 cm³/mol. The number of anilines is 1. The minimum atomic E-state index is -0.696. The van der Waals surface area contributed by atoms with Crippen molar-refractivity contribution in [3.63, 3.8) is 0 Å². The molecule has 1 N–H and O–H groups in total. The van der Waals surface area contributed by atoms with E-state index in [1.54, 1.807) is 24.9 Å². The molecule has 124 valence electrons. The molecule has 0 saturated heterocycles. The Balaban J connectivity index is 1.77. The Morgan fingerprint density at radius 2 is 2.12 bits per heavy atom. The van der Waals surface area contributed by atoms with Gasteiger partial charge in [-0.05, 0) is 19.1 Å². The van der Waals surface area contributed by atoms with E-state index in [1.165, 1.54) is 18.1 Å². The zero-order valence-corrected chi connectivity index (χ0v) is 13.6. The van der Waals surface area contributed by atoms with Crippen molar-refractivity contribution in [2.45, 2.75) is 17.2 Å². The highest BCUT2D eigenvalue weighted by atomic mass is 32.2. The maximum Gasteiger partial charge on any atom is 0.237 e. The van der Waals surface area contributed by atoms with Crippen LogP contribution in [-0.2, 0) is 11.8 Å². The average molecular weight is 349 g/mol. The number of nitrogens with zero attached hydrogens (tertiary/aromatic N) is 4. The molecule has 0 bridgehead atoms. The van der Waals surface area contributed by atoms with Crippen LogP contribution in [0.4, 0.5) is 14.5 Å². The van der Waals surface area contributed by atoms with Gasteiger partial charge in [-0.1, -0.05) is 11.8 Å². The maximum absolute atomic E-state index is 13.6. The second kappa shape index (κ2) is 6.52. The Morgan fingerprint density at radius 3 is 2.92 bits per heavy atom. The number of aryl methyl sites for hydroxylation is 1. The molecule has 9 heteroatoms. The second-order valence-electron chi connectivity index (χ2n) is 5.06. The third-order valence-corrected chi connectivity index (χ3v) is 4.45. The van der Waals surface area contributed by atoms with E-state index >= 15 is 0 Å². The highest BCUT2D eigenvalue weighted by molar-refractivity contribution is 8.00. The molecule has 24 heavy (non-hydrogen) atoms. The zero-order chi connectivity index (χ0) is 17.3. The molecule has 1 atom stereocenters. The van der Waals surface area contributed by atoms with E-state index < -0.39 is 22.8 Å². The summed E-state index contributed by atoms with van der Waals surface area (Å²) >= 11 is 1.19. The predicted octanol–water partition coefficient (Wildman–Crippen LogP) is 2.76. The number of nitrogens with one attached hydrogen (secondary N) is 1. The van der Waals surface area contributed by atoms with Crippen molar-refractivity contribution in [1.29, 1.82) is 0 Å². The molecule has 2 aromatic heterocycles. The lowest BCUT2D eigenvalue weighted by Gasteiger charge is -2.12. The molecule has 0 aliphatic rings. The Bertz CT molecular complexity index is 914. The second-order valence-corrected chi connectivity index (χ2v) is 6.39. The van der Waals surface area contributed by atoms with Gasteiger partial charge in [-0.2, -0.15) is 5.10 Å². The lowest BCUT2D eigenvalue weighted by Crippen LogP contribution is -2.23. The third-order valence-electron chi connectivity index (χ3n) is 3.34. The van der Waals surface area contributed by atoms with Gasteiger partial charge in [-0.3, -0.25) is 9.48 Å². The van der Waals surface area contributed by atoms with Gasteiger partial charge in [0.1, 0.15) is 23.0 Å². The van der Waals surface area contributed by atoms with Gasteiger partial charge in [0.05, 0.1) is 22.5 Å². The normalized spacial score (nSPS) is 12.3. The van der Waals surface area contributed by atoms with E-state index in [1.807, 2.05) is 0 Å². The first-order valence-electron chi connectivity index (χ1n) is 7.01. The summed E-state index contributed by atoms with van der Waals surface area (Å²) in [5, 5.41) is 7.23. The third kappa shape index (κ3) is 3.21. The minimum absolute atomic E-state index is 0.193. The van der Waals surface area contributed by atoms with Crippen LogP contribution in [0, 0.1) is 11.6 Å². The highest BCUT2D eigenvalue weighted by Crippen LogP contribution is 2.28. The fraction of sp³-hybridized carbons (Fsp3) is 0.200. The number of benzene rings is 1. The van der Waals surface area contributed by atoms with Crippen LogP contribution < -0.4 is 5.32 Å². The number of hydrogen-bond donors (Lipinski definition) is 1.